The number of aromatic nitrogens is 2. The molecule has 2 aromatic rings. The number of methoxy groups -OCH3 is 1. The van der Waals surface area contributed by atoms with Crippen molar-refractivity contribution in [2.45, 2.75) is 51.5 Å². The monoisotopic (exact) mass is 382 g/mol. The van der Waals surface area contributed by atoms with Gasteiger partial charge in [-0.1, -0.05) is 37.8 Å². The van der Waals surface area contributed by atoms with Gasteiger partial charge in [-0.3, -0.25) is 4.79 Å². The summed E-state index contributed by atoms with van der Waals surface area (Å²) in [7, 11) is 1.31. The fourth-order valence-corrected chi connectivity index (χ4v) is 3.46. The van der Waals surface area contributed by atoms with Crippen LogP contribution < -0.4 is 10.6 Å². The minimum absolute atomic E-state index is 0.253. The van der Waals surface area contributed by atoms with Crippen LogP contribution >= 0.6 is 0 Å². The Morgan fingerprint density at radius 2 is 1.79 bits per heavy atom. The molecular weight excluding hydrogens is 356 g/mol. The number of aryl methyl sites for hydroxylation is 1. The van der Waals surface area contributed by atoms with Gasteiger partial charge < -0.3 is 15.4 Å². The molecule has 2 N–H and O–H groups in total. The SMILES string of the molecule is COC(=O)c1ccccc1NC(=O)c1cc(NC2CCCCCC2)nc(C)n1. The molecule has 1 aliphatic rings. The first-order chi connectivity index (χ1) is 13.6. The Labute approximate surface area is 164 Å². The molecule has 1 amide bonds. The Bertz CT molecular complexity index is 845. The molecule has 148 valence electrons. The molecule has 0 saturated heterocycles. The average Bonchev–Trinajstić information content (AvgIpc) is 2.96. The zero-order chi connectivity index (χ0) is 19.9. The van der Waals surface area contributed by atoms with E-state index in [0.29, 0.717) is 28.9 Å². The number of nitrogens with zero attached hydrogens (tertiary/aromatic N) is 2. The lowest BCUT2D eigenvalue weighted by molar-refractivity contribution is 0.0602. The van der Waals surface area contributed by atoms with Crippen molar-refractivity contribution in [3.63, 3.8) is 0 Å². The maximum Gasteiger partial charge on any atom is 0.339 e. The summed E-state index contributed by atoms with van der Waals surface area (Å²) in [5.74, 6) is 0.270. The van der Waals surface area contributed by atoms with E-state index in [1.54, 1.807) is 37.3 Å². The van der Waals surface area contributed by atoms with Crippen molar-refractivity contribution in [1.82, 2.24) is 9.97 Å². The molecule has 1 saturated carbocycles. The first-order valence-corrected chi connectivity index (χ1v) is 9.67. The second-order valence-electron chi connectivity index (χ2n) is 7.01. The zero-order valence-corrected chi connectivity index (χ0v) is 16.3. The molecule has 1 aliphatic carbocycles. The van der Waals surface area contributed by atoms with E-state index in [-0.39, 0.29) is 5.69 Å². The Balaban J connectivity index is 1.77. The summed E-state index contributed by atoms with van der Waals surface area (Å²) in [6.07, 6.45) is 7.18. The van der Waals surface area contributed by atoms with Gasteiger partial charge in [0.25, 0.3) is 5.91 Å². The van der Waals surface area contributed by atoms with Gasteiger partial charge >= 0.3 is 5.97 Å². The average molecular weight is 382 g/mol. The highest BCUT2D eigenvalue weighted by Crippen LogP contribution is 2.21. The highest BCUT2D eigenvalue weighted by molar-refractivity contribution is 6.07. The fourth-order valence-electron chi connectivity index (χ4n) is 3.46. The predicted octanol–water partition coefficient (Wildman–Crippen LogP) is 3.96. The molecule has 7 heteroatoms. The molecule has 0 atom stereocenters. The third kappa shape index (κ3) is 5.06. The third-order valence-corrected chi connectivity index (χ3v) is 4.86. The standard InChI is InChI=1S/C21H26N4O3/c1-14-22-18(13-19(23-14)24-15-9-5-3-4-6-10-15)20(26)25-17-12-8-7-11-16(17)21(27)28-2/h7-8,11-13,15H,3-6,9-10H2,1-2H3,(H,25,26)(H,22,23,24). The number of amides is 1. The van der Waals surface area contributed by atoms with Gasteiger partial charge in [-0.2, -0.15) is 0 Å². The molecule has 0 radical (unpaired) electrons. The van der Waals surface area contributed by atoms with Crippen LogP contribution in [0.15, 0.2) is 30.3 Å². The molecule has 3 rings (SSSR count). The predicted molar refractivity (Wildman–Crippen MR) is 108 cm³/mol. The Morgan fingerprint density at radius 1 is 1.07 bits per heavy atom. The van der Waals surface area contributed by atoms with E-state index >= 15 is 0 Å². The maximum absolute atomic E-state index is 12.7. The number of anilines is 2. The number of nitrogens with one attached hydrogen (secondary N) is 2. The van der Waals surface area contributed by atoms with E-state index in [1.807, 2.05) is 0 Å². The van der Waals surface area contributed by atoms with E-state index in [0.717, 1.165) is 12.8 Å². The highest BCUT2D eigenvalue weighted by atomic mass is 16.5. The number of hydrogen-bond acceptors (Lipinski definition) is 6. The van der Waals surface area contributed by atoms with Crippen LogP contribution in [0.4, 0.5) is 11.5 Å². The summed E-state index contributed by atoms with van der Waals surface area (Å²) < 4.78 is 4.77. The second kappa shape index (κ2) is 9.30. The van der Waals surface area contributed by atoms with Gasteiger partial charge in [0.15, 0.2) is 0 Å². The zero-order valence-electron chi connectivity index (χ0n) is 16.3. The van der Waals surface area contributed by atoms with Gasteiger partial charge in [0.2, 0.25) is 0 Å². The molecule has 0 aliphatic heterocycles. The summed E-state index contributed by atoms with van der Waals surface area (Å²) in [6.45, 7) is 1.76. The molecule has 1 aromatic carbocycles. The quantitative estimate of drug-likeness (QED) is 0.601. The van der Waals surface area contributed by atoms with Crippen LogP contribution in [0.1, 0.15) is 65.2 Å². The minimum atomic E-state index is -0.509. The van der Waals surface area contributed by atoms with Crippen LogP contribution in [0.5, 0.6) is 0 Å². The molecule has 7 nitrogen and oxygen atoms in total. The smallest absolute Gasteiger partial charge is 0.339 e. The number of ether oxygens (including phenoxy) is 1. The maximum atomic E-state index is 12.7. The van der Waals surface area contributed by atoms with Gasteiger partial charge in [-0.25, -0.2) is 14.8 Å². The molecule has 0 unspecified atom stereocenters. The molecule has 1 aromatic heterocycles. The minimum Gasteiger partial charge on any atom is -0.465 e. The Kier molecular flexibility index (Phi) is 6.57. The van der Waals surface area contributed by atoms with Crippen molar-refractivity contribution in [3.05, 3.63) is 47.4 Å². The highest BCUT2D eigenvalue weighted by Gasteiger charge is 2.18. The number of carbonyl (C=O) groups excluding carboxylic acids is 2. The number of carbonyl (C=O) groups is 2. The lowest BCUT2D eigenvalue weighted by Gasteiger charge is -2.17. The van der Waals surface area contributed by atoms with Crippen molar-refractivity contribution < 1.29 is 14.3 Å². The largest absolute Gasteiger partial charge is 0.465 e. The van der Waals surface area contributed by atoms with Crippen LogP contribution in [0.3, 0.4) is 0 Å². The number of benzene rings is 1. The first-order valence-electron chi connectivity index (χ1n) is 9.67. The Hall–Kier alpha value is -2.96. The molecule has 28 heavy (non-hydrogen) atoms. The van der Waals surface area contributed by atoms with E-state index in [9.17, 15) is 9.59 Å². The van der Waals surface area contributed by atoms with Gasteiger partial charge in [0.05, 0.1) is 18.4 Å². The van der Waals surface area contributed by atoms with Crippen LogP contribution in [0.2, 0.25) is 0 Å². The van der Waals surface area contributed by atoms with Crippen molar-refractivity contribution in [1.29, 1.82) is 0 Å². The van der Waals surface area contributed by atoms with Crippen molar-refractivity contribution >= 4 is 23.4 Å². The third-order valence-electron chi connectivity index (χ3n) is 4.86. The first kappa shape index (κ1) is 19.8. The molecule has 0 bridgehead atoms. The Morgan fingerprint density at radius 3 is 2.50 bits per heavy atom. The lowest BCUT2D eigenvalue weighted by atomic mass is 10.1. The number of hydrogen-bond donors (Lipinski definition) is 2. The molecule has 1 heterocycles. The summed E-state index contributed by atoms with van der Waals surface area (Å²) in [4.78, 5) is 33.3. The summed E-state index contributed by atoms with van der Waals surface area (Å²) in [6, 6.07) is 8.74. The fraction of sp³-hybridized carbons (Fsp3) is 0.429. The van der Waals surface area contributed by atoms with Crippen molar-refractivity contribution in [2.75, 3.05) is 17.7 Å². The lowest BCUT2D eigenvalue weighted by Crippen LogP contribution is -2.21. The van der Waals surface area contributed by atoms with Crippen LogP contribution in [0, 0.1) is 6.92 Å². The molecule has 1 fully saturated rings. The van der Waals surface area contributed by atoms with Crippen molar-refractivity contribution in [2.24, 2.45) is 0 Å². The second-order valence-corrected chi connectivity index (χ2v) is 7.01. The molecular formula is C21H26N4O3. The summed E-state index contributed by atoms with van der Waals surface area (Å²) >= 11 is 0. The van der Waals surface area contributed by atoms with E-state index in [2.05, 4.69) is 20.6 Å². The summed E-state index contributed by atoms with van der Waals surface area (Å²) in [5.41, 5.74) is 0.929. The van der Waals surface area contributed by atoms with Gasteiger partial charge in [-0.05, 0) is 31.9 Å². The van der Waals surface area contributed by atoms with E-state index < -0.39 is 11.9 Å². The van der Waals surface area contributed by atoms with Gasteiger partial charge in [0, 0.05) is 12.1 Å². The van der Waals surface area contributed by atoms with Crippen LogP contribution in [-0.2, 0) is 4.74 Å². The van der Waals surface area contributed by atoms with E-state index in [1.165, 1.54) is 32.8 Å². The van der Waals surface area contributed by atoms with Crippen molar-refractivity contribution in [3.8, 4) is 0 Å². The van der Waals surface area contributed by atoms with E-state index in [4.69, 9.17) is 4.74 Å². The number of para-hydroxylation sites is 1. The number of esters is 1. The molecule has 0 spiro atoms. The normalized spacial score (nSPS) is 14.8. The topological polar surface area (TPSA) is 93.2 Å². The van der Waals surface area contributed by atoms with Gasteiger partial charge in [0.1, 0.15) is 17.3 Å². The number of rotatable bonds is 5. The van der Waals surface area contributed by atoms with Crippen LogP contribution in [-0.4, -0.2) is 35.0 Å². The van der Waals surface area contributed by atoms with Crippen LogP contribution in [0.25, 0.3) is 0 Å². The van der Waals surface area contributed by atoms with Gasteiger partial charge in [-0.15, -0.1) is 0 Å². The summed E-state index contributed by atoms with van der Waals surface area (Å²) in [5, 5.41) is 6.21.